The van der Waals surface area contributed by atoms with Gasteiger partial charge in [-0.15, -0.1) is 0 Å². The second-order valence-corrected chi connectivity index (χ2v) is 6.90. The molecule has 0 aliphatic heterocycles. The first-order chi connectivity index (χ1) is 12.5. The number of carbonyl (C=O) groups excluding carboxylic acids is 1. The quantitative estimate of drug-likeness (QED) is 0.700. The van der Waals surface area contributed by atoms with E-state index in [0.717, 1.165) is 15.6 Å². The Bertz CT molecular complexity index is 981. The lowest BCUT2D eigenvalue weighted by Crippen LogP contribution is -2.33. The van der Waals surface area contributed by atoms with Gasteiger partial charge < -0.3 is 5.32 Å². The van der Waals surface area contributed by atoms with E-state index in [1.54, 1.807) is 6.07 Å². The fourth-order valence-corrected chi connectivity index (χ4v) is 2.86. The lowest BCUT2D eigenvalue weighted by molar-refractivity contribution is -0.122. The van der Waals surface area contributed by atoms with Crippen LogP contribution in [0.3, 0.4) is 0 Å². The van der Waals surface area contributed by atoms with Crippen LogP contribution in [0.15, 0.2) is 69.9 Å². The SMILES string of the molecule is Cc1ccc(CNC(=O)Cn2nc(-c3cccc(Br)c3)ccc2=O)cc1. The zero-order valence-corrected chi connectivity index (χ0v) is 15.9. The summed E-state index contributed by atoms with van der Waals surface area (Å²) in [6.07, 6.45) is 0. The molecule has 1 aromatic heterocycles. The smallest absolute Gasteiger partial charge is 0.267 e. The second kappa shape index (κ2) is 8.10. The number of nitrogens with zero attached hydrogens (tertiary/aromatic N) is 2. The highest BCUT2D eigenvalue weighted by Gasteiger charge is 2.08. The molecule has 0 saturated carbocycles. The largest absolute Gasteiger partial charge is 0.350 e. The van der Waals surface area contributed by atoms with Crippen LogP contribution in [0.25, 0.3) is 11.3 Å². The molecule has 3 aromatic rings. The van der Waals surface area contributed by atoms with Crippen LogP contribution in [0, 0.1) is 6.92 Å². The van der Waals surface area contributed by atoms with Crippen LogP contribution in [-0.2, 0) is 17.9 Å². The summed E-state index contributed by atoms with van der Waals surface area (Å²) in [5.74, 6) is -0.258. The monoisotopic (exact) mass is 411 g/mol. The number of hydrogen-bond donors (Lipinski definition) is 1. The number of hydrogen-bond acceptors (Lipinski definition) is 3. The molecule has 1 heterocycles. The van der Waals surface area contributed by atoms with E-state index in [1.807, 2.05) is 55.5 Å². The lowest BCUT2D eigenvalue weighted by atomic mass is 10.1. The van der Waals surface area contributed by atoms with Crippen LogP contribution in [-0.4, -0.2) is 15.7 Å². The Balaban J connectivity index is 1.70. The number of amides is 1. The Morgan fingerprint density at radius 2 is 1.88 bits per heavy atom. The van der Waals surface area contributed by atoms with E-state index in [0.29, 0.717) is 12.2 Å². The van der Waals surface area contributed by atoms with Gasteiger partial charge in [0.05, 0.1) is 5.69 Å². The Morgan fingerprint density at radius 1 is 1.12 bits per heavy atom. The van der Waals surface area contributed by atoms with Gasteiger partial charge in [0, 0.05) is 22.6 Å². The van der Waals surface area contributed by atoms with E-state index < -0.39 is 0 Å². The molecule has 2 aromatic carbocycles. The fraction of sp³-hybridized carbons (Fsp3) is 0.150. The molecule has 0 spiro atoms. The number of halogens is 1. The summed E-state index contributed by atoms with van der Waals surface area (Å²) in [5.41, 5.74) is 3.37. The molecule has 5 nitrogen and oxygen atoms in total. The Kier molecular flexibility index (Phi) is 5.63. The van der Waals surface area contributed by atoms with Crippen molar-refractivity contribution in [3.63, 3.8) is 0 Å². The number of benzene rings is 2. The van der Waals surface area contributed by atoms with E-state index in [9.17, 15) is 9.59 Å². The third-order valence-electron chi connectivity index (χ3n) is 3.89. The molecular formula is C20H18BrN3O2. The minimum atomic E-state index is -0.311. The maximum atomic E-state index is 12.2. The Labute approximate surface area is 159 Å². The summed E-state index contributed by atoms with van der Waals surface area (Å²) in [6, 6.07) is 18.6. The molecule has 0 radical (unpaired) electrons. The highest BCUT2D eigenvalue weighted by molar-refractivity contribution is 9.10. The minimum absolute atomic E-state index is 0.119. The van der Waals surface area contributed by atoms with E-state index in [2.05, 4.69) is 26.3 Å². The van der Waals surface area contributed by atoms with Crippen LogP contribution >= 0.6 is 15.9 Å². The fourth-order valence-electron chi connectivity index (χ4n) is 2.46. The molecule has 26 heavy (non-hydrogen) atoms. The van der Waals surface area contributed by atoms with Gasteiger partial charge in [0.1, 0.15) is 6.54 Å². The van der Waals surface area contributed by atoms with Crippen molar-refractivity contribution in [2.75, 3.05) is 0 Å². The van der Waals surface area contributed by atoms with Crippen molar-refractivity contribution in [1.29, 1.82) is 0 Å². The molecule has 0 atom stereocenters. The summed E-state index contributed by atoms with van der Waals surface area (Å²) in [7, 11) is 0. The van der Waals surface area contributed by atoms with Gasteiger partial charge in [0.2, 0.25) is 5.91 Å². The number of rotatable bonds is 5. The van der Waals surface area contributed by atoms with Crippen LogP contribution in [0.1, 0.15) is 11.1 Å². The molecule has 0 fully saturated rings. The van der Waals surface area contributed by atoms with Crippen molar-refractivity contribution in [1.82, 2.24) is 15.1 Å². The van der Waals surface area contributed by atoms with Crippen molar-refractivity contribution >= 4 is 21.8 Å². The molecule has 1 amide bonds. The molecule has 0 unspecified atom stereocenters. The molecule has 132 valence electrons. The van der Waals surface area contributed by atoms with Gasteiger partial charge in [-0.2, -0.15) is 5.10 Å². The molecule has 1 N–H and O–H groups in total. The van der Waals surface area contributed by atoms with Gasteiger partial charge >= 0.3 is 0 Å². The van der Waals surface area contributed by atoms with Crippen molar-refractivity contribution in [3.8, 4) is 11.3 Å². The first-order valence-electron chi connectivity index (χ1n) is 8.17. The van der Waals surface area contributed by atoms with Gasteiger partial charge in [0.15, 0.2) is 0 Å². The molecular weight excluding hydrogens is 394 g/mol. The second-order valence-electron chi connectivity index (χ2n) is 5.99. The maximum absolute atomic E-state index is 12.2. The first kappa shape index (κ1) is 18.1. The van der Waals surface area contributed by atoms with Gasteiger partial charge in [-0.05, 0) is 30.7 Å². The summed E-state index contributed by atoms with van der Waals surface area (Å²) in [6.45, 7) is 2.31. The summed E-state index contributed by atoms with van der Waals surface area (Å²) in [4.78, 5) is 24.2. The lowest BCUT2D eigenvalue weighted by Gasteiger charge is -2.09. The predicted molar refractivity (Wildman–Crippen MR) is 105 cm³/mol. The standard InChI is InChI=1S/C20H18BrN3O2/c1-14-5-7-15(8-6-14)12-22-19(25)13-24-20(26)10-9-18(23-24)16-3-2-4-17(21)11-16/h2-11H,12-13H2,1H3,(H,22,25). The van der Waals surface area contributed by atoms with Gasteiger partial charge in [-0.25, -0.2) is 4.68 Å². The third-order valence-corrected chi connectivity index (χ3v) is 4.38. The van der Waals surface area contributed by atoms with E-state index >= 15 is 0 Å². The zero-order chi connectivity index (χ0) is 18.5. The molecule has 0 aliphatic carbocycles. The average molecular weight is 412 g/mol. The topological polar surface area (TPSA) is 64.0 Å². The van der Waals surface area contributed by atoms with Crippen molar-refractivity contribution in [2.45, 2.75) is 20.0 Å². The van der Waals surface area contributed by atoms with E-state index in [-0.39, 0.29) is 18.0 Å². The molecule has 3 rings (SSSR count). The van der Waals surface area contributed by atoms with Gasteiger partial charge in [-0.1, -0.05) is 57.9 Å². The Morgan fingerprint density at radius 3 is 2.62 bits per heavy atom. The number of nitrogens with one attached hydrogen (secondary N) is 1. The van der Waals surface area contributed by atoms with Gasteiger partial charge in [-0.3, -0.25) is 9.59 Å². The first-order valence-corrected chi connectivity index (χ1v) is 8.97. The summed E-state index contributed by atoms with van der Waals surface area (Å²) >= 11 is 3.42. The van der Waals surface area contributed by atoms with Crippen LogP contribution in [0.2, 0.25) is 0 Å². The molecule has 0 saturated heterocycles. The van der Waals surface area contributed by atoms with Crippen molar-refractivity contribution < 1.29 is 4.79 Å². The van der Waals surface area contributed by atoms with Crippen LogP contribution < -0.4 is 10.9 Å². The maximum Gasteiger partial charge on any atom is 0.267 e. The van der Waals surface area contributed by atoms with Crippen LogP contribution in [0.4, 0.5) is 0 Å². The zero-order valence-electron chi connectivity index (χ0n) is 14.3. The summed E-state index contributed by atoms with van der Waals surface area (Å²) < 4.78 is 2.10. The van der Waals surface area contributed by atoms with Gasteiger partial charge in [0.25, 0.3) is 5.56 Å². The van der Waals surface area contributed by atoms with E-state index in [1.165, 1.54) is 16.3 Å². The van der Waals surface area contributed by atoms with Crippen molar-refractivity contribution in [3.05, 3.63) is 86.6 Å². The van der Waals surface area contributed by atoms with E-state index in [4.69, 9.17) is 0 Å². The molecule has 6 heteroatoms. The van der Waals surface area contributed by atoms with Crippen molar-refractivity contribution in [2.24, 2.45) is 0 Å². The Hall–Kier alpha value is -2.73. The predicted octanol–water partition coefficient (Wildman–Crippen LogP) is 3.30. The average Bonchev–Trinajstić information content (AvgIpc) is 2.63. The number of aryl methyl sites for hydroxylation is 1. The number of carbonyl (C=O) groups is 1. The highest BCUT2D eigenvalue weighted by Crippen LogP contribution is 2.20. The van der Waals surface area contributed by atoms with Crippen LogP contribution in [0.5, 0.6) is 0 Å². The normalized spacial score (nSPS) is 10.5. The third kappa shape index (κ3) is 4.67. The highest BCUT2D eigenvalue weighted by atomic mass is 79.9. The molecule has 0 bridgehead atoms. The minimum Gasteiger partial charge on any atom is -0.350 e. The molecule has 0 aliphatic rings. The number of aromatic nitrogens is 2. The summed E-state index contributed by atoms with van der Waals surface area (Å²) in [5, 5.41) is 7.13.